The Bertz CT molecular complexity index is 817. The summed E-state index contributed by atoms with van der Waals surface area (Å²) in [7, 11) is 0. The second-order valence-electron chi connectivity index (χ2n) is 6.21. The summed E-state index contributed by atoms with van der Waals surface area (Å²) in [4.78, 5) is 0. The third kappa shape index (κ3) is 3.97. The Hall–Kier alpha value is -2.86. The topological polar surface area (TPSA) is 86.2 Å². The number of rotatable bonds is 7. The van der Waals surface area contributed by atoms with Gasteiger partial charge in [0, 0.05) is 12.0 Å². The van der Waals surface area contributed by atoms with Crippen molar-refractivity contribution in [3.63, 3.8) is 0 Å². The van der Waals surface area contributed by atoms with Gasteiger partial charge in [-0.1, -0.05) is 47.6 Å². The quantitative estimate of drug-likeness (QED) is 0.690. The predicted octanol–water partition coefficient (Wildman–Crippen LogP) is 2.88. The summed E-state index contributed by atoms with van der Waals surface area (Å²) in [5.41, 5.74) is 7.90. The molecule has 1 unspecified atom stereocenters. The lowest BCUT2D eigenvalue weighted by Gasteiger charge is -2.07. The van der Waals surface area contributed by atoms with Crippen LogP contribution in [0, 0.1) is 0 Å². The van der Waals surface area contributed by atoms with Crippen LogP contribution in [0.1, 0.15) is 29.4 Å². The number of aromatic nitrogens is 2. The molecule has 0 saturated heterocycles. The number of nitrogen functional groups attached to an aromatic ring is 1. The van der Waals surface area contributed by atoms with E-state index in [1.807, 2.05) is 30.3 Å². The molecule has 3 N–H and O–H groups in total. The first kappa shape index (κ1) is 15.7. The monoisotopic (exact) mass is 336 g/mol. The van der Waals surface area contributed by atoms with Crippen molar-refractivity contribution in [3.8, 4) is 5.75 Å². The molecular weight excluding hydrogens is 316 g/mol. The first-order valence-electron chi connectivity index (χ1n) is 8.36. The number of benzene rings is 2. The van der Waals surface area contributed by atoms with Crippen LogP contribution in [0.3, 0.4) is 0 Å². The minimum Gasteiger partial charge on any atom is -0.489 e. The van der Waals surface area contributed by atoms with Crippen LogP contribution < -0.4 is 15.8 Å². The summed E-state index contributed by atoms with van der Waals surface area (Å²) in [5, 5.41) is 10.9. The van der Waals surface area contributed by atoms with Gasteiger partial charge in [-0.15, -0.1) is 5.10 Å². The molecule has 1 saturated carbocycles. The number of nitrogens with zero attached hydrogens (tertiary/aromatic N) is 2. The summed E-state index contributed by atoms with van der Waals surface area (Å²) >= 11 is 0. The Morgan fingerprint density at radius 2 is 1.88 bits per heavy atom. The van der Waals surface area contributed by atoms with E-state index in [9.17, 15) is 0 Å². The fraction of sp³-hybridized carbons (Fsp3) is 0.263. The SMILES string of the molecule is Nc1nnc(CNC2C[C@H]2c2ccc(OCc3ccccc3)cc2)o1. The Balaban J connectivity index is 1.26. The second kappa shape index (κ2) is 6.94. The number of nitrogens with one attached hydrogen (secondary N) is 1. The third-order valence-electron chi connectivity index (χ3n) is 4.34. The van der Waals surface area contributed by atoms with Crippen LogP contribution in [-0.4, -0.2) is 16.2 Å². The van der Waals surface area contributed by atoms with Crippen LogP contribution in [0.5, 0.6) is 5.75 Å². The van der Waals surface area contributed by atoms with Gasteiger partial charge in [-0.05, 0) is 29.7 Å². The smallest absolute Gasteiger partial charge is 0.312 e. The van der Waals surface area contributed by atoms with Crippen molar-refractivity contribution >= 4 is 6.01 Å². The van der Waals surface area contributed by atoms with E-state index in [4.69, 9.17) is 14.9 Å². The zero-order chi connectivity index (χ0) is 17.1. The summed E-state index contributed by atoms with van der Waals surface area (Å²) < 4.78 is 11.0. The number of hydrogen-bond acceptors (Lipinski definition) is 6. The van der Waals surface area contributed by atoms with Gasteiger partial charge in [-0.2, -0.15) is 0 Å². The highest BCUT2D eigenvalue weighted by atomic mass is 16.5. The minimum absolute atomic E-state index is 0.107. The van der Waals surface area contributed by atoms with Crippen molar-refractivity contribution in [1.82, 2.24) is 15.5 Å². The number of anilines is 1. The zero-order valence-corrected chi connectivity index (χ0v) is 13.8. The molecule has 6 heteroatoms. The zero-order valence-electron chi connectivity index (χ0n) is 13.8. The Morgan fingerprint density at radius 1 is 1.08 bits per heavy atom. The Kier molecular flexibility index (Phi) is 4.35. The van der Waals surface area contributed by atoms with Crippen LogP contribution in [0.15, 0.2) is 59.0 Å². The van der Waals surface area contributed by atoms with Gasteiger partial charge in [0.1, 0.15) is 12.4 Å². The number of hydrogen-bond donors (Lipinski definition) is 2. The van der Waals surface area contributed by atoms with E-state index < -0.39 is 0 Å². The average Bonchev–Trinajstić information content (AvgIpc) is 3.32. The van der Waals surface area contributed by atoms with Gasteiger partial charge in [0.2, 0.25) is 5.89 Å². The summed E-state index contributed by atoms with van der Waals surface area (Å²) in [6.07, 6.45) is 1.10. The lowest BCUT2D eigenvalue weighted by atomic mass is 10.1. The summed E-state index contributed by atoms with van der Waals surface area (Å²) in [6.45, 7) is 1.13. The third-order valence-corrected chi connectivity index (χ3v) is 4.34. The molecule has 0 bridgehead atoms. The second-order valence-corrected chi connectivity index (χ2v) is 6.21. The van der Waals surface area contributed by atoms with Gasteiger partial charge in [0.15, 0.2) is 0 Å². The van der Waals surface area contributed by atoms with Gasteiger partial charge >= 0.3 is 6.01 Å². The maximum absolute atomic E-state index is 5.83. The molecule has 128 valence electrons. The molecule has 0 spiro atoms. The van der Waals surface area contributed by atoms with Gasteiger partial charge in [0.25, 0.3) is 0 Å². The maximum atomic E-state index is 5.83. The molecule has 1 heterocycles. The molecule has 0 amide bonds. The van der Waals surface area contributed by atoms with E-state index in [1.54, 1.807) is 0 Å². The van der Waals surface area contributed by atoms with Crippen molar-refractivity contribution in [1.29, 1.82) is 0 Å². The summed E-state index contributed by atoms with van der Waals surface area (Å²) in [6, 6.07) is 19.0. The molecule has 0 radical (unpaired) electrons. The summed E-state index contributed by atoms with van der Waals surface area (Å²) in [5.74, 6) is 1.93. The molecule has 4 rings (SSSR count). The number of nitrogens with two attached hydrogens (primary N) is 1. The predicted molar refractivity (Wildman–Crippen MR) is 93.9 cm³/mol. The van der Waals surface area contributed by atoms with Gasteiger partial charge in [-0.25, -0.2) is 0 Å². The first-order valence-corrected chi connectivity index (χ1v) is 8.36. The van der Waals surface area contributed by atoms with E-state index in [1.165, 1.54) is 11.1 Å². The Morgan fingerprint density at radius 3 is 2.60 bits per heavy atom. The highest BCUT2D eigenvalue weighted by molar-refractivity contribution is 5.34. The van der Waals surface area contributed by atoms with Crippen LogP contribution in [-0.2, 0) is 13.2 Å². The molecule has 25 heavy (non-hydrogen) atoms. The molecule has 1 aromatic heterocycles. The van der Waals surface area contributed by atoms with Gasteiger partial charge < -0.3 is 20.2 Å². The molecule has 1 aliphatic rings. The Labute approximate surface area is 146 Å². The molecule has 6 nitrogen and oxygen atoms in total. The van der Waals surface area contributed by atoms with Crippen molar-refractivity contribution in [2.45, 2.75) is 31.5 Å². The van der Waals surface area contributed by atoms with Crippen molar-refractivity contribution in [2.24, 2.45) is 0 Å². The van der Waals surface area contributed by atoms with Gasteiger partial charge in [-0.3, -0.25) is 0 Å². The van der Waals surface area contributed by atoms with E-state index in [2.05, 4.69) is 39.8 Å². The lowest BCUT2D eigenvalue weighted by Crippen LogP contribution is -2.17. The molecule has 3 aromatic rings. The highest BCUT2D eigenvalue weighted by Crippen LogP contribution is 2.41. The standard InChI is InChI=1S/C19H20N4O2/c20-19-23-22-18(25-19)11-21-17-10-16(17)14-6-8-15(9-7-14)24-12-13-4-2-1-3-5-13/h1-9,16-17,21H,10-12H2,(H2,20,23)/t16-,17?/m0/s1. The molecule has 1 aliphatic carbocycles. The van der Waals surface area contributed by atoms with E-state index in [0.717, 1.165) is 12.2 Å². The van der Waals surface area contributed by atoms with Crippen LogP contribution >= 0.6 is 0 Å². The molecule has 0 aliphatic heterocycles. The van der Waals surface area contributed by atoms with Crippen molar-refractivity contribution in [3.05, 3.63) is 71.6 Å². The van der Waals surface area contributed by atoms with E-state index >= 15 is 0 Å². The van der Waals surface area contributed by atoms with Crippen LogP contribution in [0.4, 0.5) is 6.01 Å². The largest absolute Gasteiger partial charge is 0.489 e. The molecular formula is C19H20N4O2. The number of ether oxygens (including phenoxy) is 1. The maximum Gasteiger partial charge on any atom is 0.312 e. The fourth-order valence-electron chi connectivity index (χ4n) is 2.90. The van der Waals surface area contributed by atoms with Crippen LogP contribution in [0.2, 0.25) is 0 Å². The lowest BCUT2D eigenvalue weighted by molar-refractivity contribution is 0.306. The minimum atomic E-state index is 0.107. The highest BCUT2D eigenvalue weighted by Gasteiger charge is 2.38. The van der Waals surface area contributed by atoms with Crippen molar-refractivity contribution < 1.29 is 9.15 Å². The fourth-order valence-corrected chi connectivity index (χ4v) is 2.90. The van der Waals surface area contributed by atoms with Crippen molar-refractivity contribution in [2.75, 3.05) is 5.73 Å². The average molecular weight is 336 g/mol. The van der Waals surface area contributed by atoms with E-state index in [-0.39, 0.29) is 6.01 Å². The van der Waals surface area contributed by atoms with Gasteiger partial charge in [0.05, 0.1) is 6.54 Å². The first-order chi connectivity index (χ1) is 12.3. The molecule has 1 fully saturated rings. The molecule has 2 aromatic carbocycles. The normalized spacial score (nSPS) is 18.9. The van der Waals surface area contributed by atoms with Crippen LogP contribution in [0.25, 0.3) is 0 Å². The van der Waals surface area contributed by atoms with E-state index in [0.29, 0.717) is 31.0 Å². The molecule has 2 atom stereocenters.